The number of aromatic nitrogens is 1. The molecule has 0 saturated heterocycles. The van der Waals surface area contributed by atoms with Crippen molar-refractivity contribution in [2.75, 3.05) is 26.7 Å². The van der Waals surface area contributed by atoms with E-state index in [0.717, 1.165) is 43.2 Å². The van der Waals surface area contributed by atoms with Gasteiger partial charge < -0.3 is 15.4 Å². The average Bonchev–Trinajstić information content (AvgIpc) is 2.63. The predicted octanol–water partition coefficient (Wildman–Crippen LogP) is 4.01. The van der Waals surface area contributed by atoms with Crippen molar-refractivity contribution in [1.29, 1.82) is 0 Å². The zero-order chi connectivity index (χ0) is 18.8. The molecule has 1 aromatic carbocycles. The molecule has 0 atom stereocenters. The number of nitrogens with one attached hydrogen (secondary N) is 2. The van der Waals surface area contributed by atoms with Gasteiger partial charge in [0.15, 0.2) is 5.96 Å². The van der Waals surface area contributed by atoms with Crippen molar-refractivity contribution in [3.63, 3.8) is 0 Å². The van der Waals surface area contributed by atoms with Gasteiger partial charge in [-0.25, -0.2) is 4.98 Å². The summed E-state index contributed by atoms with van der Waals surface area (Å²) in [6.45, 7) is 6.44. The summed E-state index contributed by atoms with van der Waals surface area (Å²) in [5.74, 6) is 1.74. The minimum Gasteiger partial charge on any atom is -0.496 e. The number of methoxy groups -OCH3 is 1. The molecule has 1 heterocycles. The lowest BCUT2D eigenvalue weighted by Gasteiger charge is -2.12. The van der Waals surface area contributed by atoms with E-state index < -0.39 is 0 Å². The van der Waals surface area contributed by atoms with Crippen LogP contribution >= 0.6 is 35.6 Å². The highest BCUT2D eigenvalue weighted by molar-refractivity contribution is 14.0. The van der Waals surface area contributed by atoms with Crippen molar-refractivity contribution < 1.29 is 4.74 Å². The molecule has 0 saturated carbocycles. The molecule has 2 rings (SSSR count). The van der Waals surface area contributed by atoms with Crippen LogP contribution in [0.2, 0.25) is 5.15 Å². The number of ether oxygens (including phenoxy) is 1. The molecule has 27 heavy (non-hydrogen) atoms. The van der Waals surface area contributed by atoms with E-state index in [1.807, 2.05) is 18.2 Å². The monoisotopic (exact) mass is 502 g/mol. The Morgan fingerprint density at radius 1 is 1.19 bits per heavy atom. The summed E-state index contributed by atoms with van der Waals surface area (Å²) in [6.07, 6.45) is 3.50. The quantitative estimate of drug-likeness (QED) is 0.248. The second-order valence-electron chi connectivity index (χ2n) is 5.99. The van der Waals surface area contributed by atoms with Crippen LogP contribution in [0.3, 0.4) is 0 Å². The first kappa shape index (κ1) is 23.5. The van der Waals surface area contributed by atoms with Gasteiger partial charge in [-0.05, 0) is 49.9 Å². The lowest BCUT2D eigenvalue weighted by atomic mass is 10.1. The molecule has 7 heteroatoms. The Morgan fingerprint density at radius 2 is 2.00 bits per heavy atom. The number of halogens is 2. The number of benzene rings is 1. The molecular weight excluding hydrogens is 475 g/mol. The third kappa shape index (κ3) is 8.34. The van der Waals surface area contributed by atoms with Gasteiger partial charge >= 0.3 is 0 Å². The first-order valence-corrected chi connectivity index (χ1v) is 9.26. The van der Waals surface area contributed by atoms with Crippen LogP contribution in [0.25, 0.3) is 0 Å². The molecular formula is C20H28ClIN4O. The lowest BCUT2D eigenvalue weighted by Crippen LogP contribution is -2.38. The molecule has 2 N–H and O–H groups in total. The highest BCUT2D eigenvalue weighted by atomic mass is 127. The number of aryl methyl sites for hydroxylation is 1. The van der Waals surface area contributed by atoms with Crippen LogP contribution in [0.1, 0.15) is 23.6 Å². The number of pyridine rings is 1. The topological polar surface area (TPSA) is 58.5 Å². The van der Waals surface area contributed by atoms with E-state index in [4.69, 9.17) is 16.3 Å². The van der Waals surface area contributed by atoms with E-state index in [1.54, 1.807) is 13.3 Å². The van der Waals surface area contributed by atoms with Crippen molar-refractivity contribution in [2.24, 2.45) is 4.99 Å². The highest BCUT2D eigenvalue weighted by Crippen LogP contribution is 2.20. The smallest absolute Gasteiger partial charge is 0.191 e. The molecule has 0 aliphatic rings. The lowest BCUT2D eigenvalue weighted by molar-refractivity contribution is 0.409. The minimum absolute atomic E-state index is 0. The molecule has 0 radical (unpaired) electrons. The van der Waals surface area contributed by atoms with E-state index in [-0.39, 0.29) is 24.0 Å². The van der Waals surface area contributed by atoms with E-state index in [0.29, 0.717) is 11.7 Å². The Balaban J connectivity index is 0.00000364. The Labute approximate surface area is 184 Å². The van der Waals surface area contributed by atoms with Gasteiger partial charge in [-0.3, -0.25) is 4.99 Å². The van der Waals surface area contributed by atoms with Gasteiger partial charge in [0.25, 0.3) is 0 Å². The third-order valence-electron chi connectivity index (χ3n) is 3.93. The summed E-state index contributed by atoms with van der Waals surface area (Å²) in [4.78, 5) is 8.76. The van der Waals surface area contributed by atoms with Crippen LogP contribution in [0.5, 0.6) is 5.75 Å². The van der Waals surface area contributed by atoms with Crippen LogP contribution in [0.4, 0.5) is 0 Å². The Bertz CT molecular complexity index is 722. The molecule has 148 valence electrons. The summed E-state index contributed by atoms with van der Waals surface area (Å²) < 4.78 is 5.43. The van der Waals surface area contributed by atoms with Crippen molar-refractivity contribution in [3.8, 4) is 5.75 Å². The van der Waals surface area contributed by atoms with Gasteiger partial charge in [-0.2, -0.15) is 0 Å². The first-order chi connectivity index (χ1) is 12.6. The molecule has 0 spiro atoms. The molecule has 0 bridgehead atoms. The Hall–Kier alpha value is -1.54. The molecule has 0 aliphatic heterocycles. The van der Waals surface area contributed by atoms with Crippen LogP contribution in [-0.2, 0) is 12.8 Å². The summed E-state index contributed by atoms with van der Waals surface area (Å²) in [5, 5.41) is 7.15. The fraction of sp³-hybridized carbons (Fsp3) is 0.400. The number of hydrogen-bond acceptors (Lipinski definition) is 3. The van der Waals surface area contributed by atoms with Crippen molar-refractivity contribution in [1.82, 2.24) is 15.6 Å². The van der Waals surface area contributed by atoms with E-state index >= 15 is 0 Å². The van der Waals surface area contributed by atoms with Crippen LogP contribution in [-0.4, -0.2) is 37.7 Å². The molecule has 1 aromatic heterocycles. The fourth-order valence-electron chi connectivity index (χ4n) is 2.61. The van der Waals surface area contributed by atoms with Crippen molar-refractivity contribution >= 4 is 41.5 Å². The predicted molar refractivity (Wildman–Crippen MR) is 124 cm³/mol. The van der Waals surface area contributed by atoms with E-state index in [1.165, 1.54) is 11.1 Å². The average molecular weight is 503 g/mol. The van der Waals surface area contributed by atoms with Crippen LogP contribution in [0.15, 0.2) is 41.5 Å². The second kappa shape index (κ2) is 12.8. The molecule has 5 nitrogen and oxygen atoms in total. The largest absolute Gasteiger partial charge is 0.496 e. The van der Waals surface area contributed by atoms with Crippen molar-refractivity contribution in [2.45, 2.75) is 26.7 Å². The number of nitrogens with zero attached hydrogens (tertiary/aromatic N) is 2. The molecule has 0 aliphatic carbocycles. The maximum atomic E-state index is 5.81. The normalized spacial score (nSPS) is 10.9. The van der Waals surface area contributed by atoms with Gasteiger partial charge in [0.1, 0.15) is 10.9 Å². The van der Waals surface area contributed by atoms with Crippen LogP contribution < -0.4 is 15.4 Å². The zero-order valence-electron chi connectivity index (χ0n) is 16.1. The highest BCUT2D eigenvalue weighted by Gasteiger charge is 2.04. The Morgan fingerprint density at radius 3 is 2.67 bits per heavy atom. The summed E-state index contributed by atoms with van der Waals surface area (Å²) in [5.41, 5.74) is 3.55. The zero-order valence-corrected chi connectivity index (χ0v) is 19.2. The number of rotatable bonds is 8. The standard InChI is InChI=1S/C20H27ClN4O.HI/c1-4-22-20(23-11-9-16-6-8-19(21)25-14-16)24-12-10-17-13-15(2)5-7-18(17)26-3;/h5-8,13-14H,4,9-12H2,1-3H3,(H2,22,23,24);1H. The first-order valence-electron chi connectivity index (χ1n) is 8.88. The van der Waals surface area contributed by atoms with Gasteiger partial charge in [0.05, 0.1) is 7.11 Å². The number of aliphatic imine (C=N–C) groups is 1. The molecule has 0 amide bonds. The van der Waals surface area contributed by atoms with Crippen molar-refractivity contribution in [3.05, 3.63) is 58.4 Å². The van der Waals surface area contributed by atoms with Gasteiger partial charge in [-0.1, -0.05) is 35.4 Å². The SMILES string of the molecule is CCNC(=NCCc1cc(C)ccc1OC)NCCc1ccc(Cl)nc1.I. The molecule has 0 fully saturated rings. The van der Waals surface area contributed by atoms with E-state index in [9.17, 15) is 0 Å². The summed E-state index contributed by atoms with van der Waals surface area (Å²) in [7, 11) is 1.70. The summed E-state index contributed by atoms with van der Waals surface area (Å²) >= 11 is 5.81. The number of hydrogen-bond donors (Lipinski definition) is 2. The maximum Gasteiger partial charge on any atom is 0.191 e. The van der Waals surface area contributed by atoms with Gasteiger partial charge in [0.2, 0.25) is 0 Å². The van der Waals surface area contributed by atoms with Crippen LogP contribution in [0, 0.1) is 6.92 Å². The molecule has 2 aromatic rings. The van der Waals surface area contributed by atoms with E-state index in [2.05, 4.69) is 46.6 Å². The number of guanidine groups is 1. The van der Waals surface area contributed by atoms with Gasteiger partial charge in [-0.15, -0.1) is 24.0 Å². The molecule has 0 unspecified atom stereocenters. The fourth-order valence-corrected chi connectivity index (χ4v) is 2.72. The maximum absolute atomic E-state index is 5.81. The van der Waals surface area contributed by atoms with Gasteiger partial charge in [0, 0.05) is 25.8 Å². The second-order valence-corrected chi connectivity index (χ2v) is 6.38. The Kier molecular flexibility index (Phi) is 11.1. The minimum atomic E-state index is 0. The summed E-state index contributed by atoms with van der Waals surface area (Å²) in [6, 6.07) is 10.0. The third-order valence-corrected chi connectivity index (χ3v) is 4.15.